The SMILES string of the molecule is CNCc1cc(F)c(-c2nc(C(F)(F)F)cn2C(C)C)c(F)c1. The lowest BCUT2D eigenvalue weighted by molar-refractivity contribution is -0.140. The summed E-state index contributed by atoms with van der Waals surface area (Å²) in [5.41, 5.74) is -1.39. The summed E-state index contributed by atoms with van der Waals surface area (Å²) in [6.07, 6.45) is -3.92. The molecular formula is C15H16F5N3. The molecule has 126 valence electrons. The first kappa shape index (κ1) is 17.4. The van der Waals surface area contributed by atoms with E-state index in [0.717, 1.165) is 22.9 Å². The molecular weight excluding hydrogens is 317 g/mol. The molecule has 1 aromatic carbocycles. The Labute approximate surface area is 130 Å². The van der Waals surface area contributed by atoms with Crippen LogP contribution >= 0.6 is 0 Å². The van der Waals surface area contributed by atoms with Crippen LogP contribution in [0.25, 0.3) is 11.4 Å². The topological polar surface area (TPSA) is 29.9 Å². The first-order chi connectivity index (χ1) is 10.6. The largest absolute Gasteiger partial charge is 0.434 e. The van der Waals surface area contributed by atoms with E-state index < -0.39 is 35.1 Å². The summed E-state index contributed by atoms with van der Waals surface area (Å²) in [7, 11) is 1.62. The van der Waals surface area contributed by atoms with Gasteiger partial charge < -0.3 is 9.88 Å². The van der Waals surface area contributed by atoms with Crippen molar-refractivity contribution >= 4 is 0 Å². The van der Waals surface area contributed by atoms with E-state index >= 15 is 0 Å². The fourth-order valence-corrected chi connectivity index (χ4v) is 2.25. The van der Waals surface area contributed by atoms with Crippen molar-refractivity contribution in [3.8, 4) is 11.4 Å². The van der Waals surface area contributed by atoms with Gasteiger partial charge in [-0.1, -0.05) is 0 Å². The lowest BCUT2D eigenvalue weighted by Gasteiger charge is -2.13. The normalized spacial score (nSPS) is 12.2. The van der Waals surface area contributed by atoms with Crippen LogP contribution in [0.15, 0.2) is 18.3 Å². The maximum atomic E-state index is 14.3. The van der Waals surface area contributed by atoms with Gasteiger partial charge in [-0.05, 0) is 38.6 Å². The third kappa shape index (κ3) is 3.52. The van der Waals surface area contributed by atoms with Crippen molar-refractivity contribution in [3.05, 3.63) is 41.2 Å². The van der Waals surface area contributed by atoms with E-state index in [9.17, 15) is 22.0 Å². The zero-order chi connectivity index (χ0) is 17.4. The summed E-state index contributed by atoms with van der Waals surface area (Å²) in [6, 6.07) is 1.73. The van der Waals surface area contributed by atoms with Crippen molar-refractivity contribution < 1.29 is 22.0 Å². The summed E-state index contributed by atoms with van der Waals surface area (Å²) in [4.78, 5) is 3.41. The molecule has 0 amide bonds. The highest BCUT2D eigenvalue weighted by Gasteiger charge is 2.36. The third-order valence-electron chi connectivity index (χ3n) is 3.29. The molecule has 0 fully saturated rings. The average molecular weight is 333 g/mol. The van der Waals surface area contributed by atoms with Crippen LogP contribution in [0.4, 0.5) is 22.0 Å². The molecule has 0 saturated heterocycles. The Morgan fingerprint density at radius 3 is 2.17 bits per heavy atom. The van der Waals surface area contributed by atoms with E-state index in [2.05, 4.69) is 10.3 Å². The predicted molar refractivity (Wildman–Crippen MR) is 75.7 cm³/mol. The zero-order valence-corrected chi connectivity index (χ0v) is 12.8. The minimum atomic E-state index is -4.69. The number of imidazole rings is 1. The van der Waals surface area contributed by atoms with Gasteiger partial charge in [-0.2, -0.15) is 13.2 Å². The van der Waals surface area contributed by atoms with Crippen LogP contribution in [0.2, 0.25) is 0 Å². The van der Waals surface area contributed by atoms with Crippen LogP contribution in [0.3, 0.4) is 0 Å². The molecule has 2 aromatic rings. The second kappa shape index (κ2) is 6.27. The van der Waals surface area contributed by atoms with Gasteiger partial charge in [-0.15, -0.1) is 0 Å². The van der Waals surface area contributed by atoms with Gasteiger partial charge in [0.2, 0.25) is 0 Å². The van der Waals surface area contributed by atoms with E-state index in [1.165, 1.54) is 0 Å². The van der Waals surface area contributed by atoms with Crippen molar-refractivity contribution in [2.75, 3.05) is 7.05 Å². The molecule has 0 spiro atoms. The maximum Gasteiger partial charge on any atom is 0.434 e. The van der Waals surface area contributed by atoms with Gasteiger partial charge in [-0.25, -0.2) is 13.8 Å². The summed E-state index contributed by atoms with van der Waals surface area (Å²) < 4.78 is 68.2. The maximum absolute atomic E-state index is 14.3. The number of rotatable bonds is 4. The zero-order valence-electron chi connectivity index (χ0n) is 12.8. The van der Waals surface area contributed by atoms with Gasteiger partial charge in [-0.3, -0.25) is 0 Å². The van der Waals surface area contributed by atoms with Crippen LogP contribution in [0.5, 0.6) is 0 Å². The number of nitrogens with zero attached hydrogens (tertiary/aromatic N) is 2. The molecule has 2 rings (SSSR count). The second-order valence-corrected chi connectivity index (χ2v) is 5.41. The summed E-state index contributed by atoms with van der Waals surface area (Å²) in [5, 5.41) is 2.75. The molecule has 0 bridgehead atoms. The van der Waals surface area contributed by atoms with Gasteiger partial charge in [0.1, 0.15) is 17.5 Å². The lowest BCUT2D eigenvalue weighted by atomic mass is 10.1. The summed E-state index contributed by atoms with van der Waals surface area (Å²) >= 11 is 0. The number of nitrogens with one attached hydrogen (secondary N) is 1. The highest BCUT2D eigenvalue weighted by Crippen LogP contribution is 2.34. The Balaban J connectivity index is 2.64. The van der Waals surface area contributed by atoms with Crippen molar-refractivity contribution in [3.63, 3.8) is 0 Å². The molecule has 0 radical (unpaired) electrons. The van der Waals surface area contributed by atoms with Crippen LogP contribution in [-0.4, -0.2) is 16.6 Å². The van der Waals surface area contributed by atoms with Gasteiger partial charge >= 0.3 is 6.18 Å². The Kier molecular flexibility index (Phi) is 4.74. The van der Waals surface area contributed by atoms with E-state index in [-0.39, 0.29) is 12.4 Å². The van der Waals surface area contributed by atoms with Crippen LogP contribution < -0.4 is 5.32 Å². The molecule has 0 aliphatic rings. The number of hydrogen-bond donors (Lipinski definition) is 1. The minimum Gasteiger partial charge on any atom is -0.328 e. The molecule has 1 heterocycles. The van der Waals surface area contributed by atoms with Crippen LogP contribution in [0.1, 0.15) is 31.1 Å². The van der Waals surface area contributed by atoms with Crippen LogP contribution in [-0.2, 0) is 12.7 Å². The van der Waals surface area contributed by atoms with Gasteiger partial charge in [0.25, 0.3) is 0 Å². The van der Waals surface area contributed by atoms with Gasteiger partial charge in [0.15, 0.2) is 5.69 Å². The molecule has 8 heteroatoms. The number of alkyl halides is 3. The Morgan fingerprint density at radius 2 is 1.74 bits per heavy atom. The number of hydrogen-bond acceptors (Lipinski definition) is 2. The van der Waals surface area contributed by atoms with Crippen molar-refractivity contribution in [1.82, 2.24) is 14.9 Å². The summed E-state index contributed by atoms with van der Waals surface area (Å²) in [5.74, 6) is -2.27. The fourth-order valence-electron chi connectivity index (χ4n) is 2.25. The van der Waals surface area contributed by atoms with Crippen molar-refractivity contribution in [2.45, 2.75) is 32.6 Å². The highest BCUT2D eigenvalue weighted by molar-refractivity contribution is 5.59. The number of benzene rings is 1. The van der Waals surface area contributed by atoms with E-state index in [0.29, 0.717) is 5.56 Å². The molecule has 3 nitrogen and oxygen atoms in total. The van der Waals surface area contributed by atoms with E-state index in [1.54, 1.807) is 20.9 Å². The standard InChI is InChI=1S/C15H16F5N3/c1-8(2)23-7-12(15(18,19)20)22-14(23)13-10(16)4-9(6-21-3)5-11(13)17/h4-5,7-8,21H,6H2,1-3H3. The Hall–Kier alpha value is -1.96. The van der Waals surface area contributed by atoms with Gasteiger partial charge in [0.05, 0.1) is 5.56 Å². The summed E-state index contributed by atoms with van der Waals surface area (Å²) in [6.45, 7) is 3.45. The first-order valence-corrected chi connectivity index (χ1v) is 6.94. The van der Waals surface area contributed by atoms with E-state index in [4.69, 9.17) is 0 Å². The molecule has 0 aliphatic carbocycles. The lowest BCUT2D eigenvalue weighted by Crippen LogP contribution is -2.08. The minimum absolute atomic E-state index is 0.237. The second-order valence-electron chi connectivity index (χ2n) is 5.41. The van der Waals surface area contributed by atoms with Crippen molar-refractivity contribution in [1.29, 1.82) is 0 Å². The Bertz CT molecular complexity index is 681. The number of aromatic nitrogens is 2. The first-order valence-electron chi connectivity index (χ1n) is 6.94. The Morgan fingerprint density at radius 1 is 1.17 bits per heavy atom. The molecule has 0 atom stereocenters. The predicted octanol–water partition coefficient (Wildman–Crippen LogP) is 4.15. The number of halogens is 5. The van der Waals surface area contributed by atoms with E-state index in [1.807, 2.05) is 0 Å². The smallest absolute Gasteiger partial charge is 0.328 e. The monoisotopic (exact) mass is 333 g/mol. The fraction of sp³-hybridized carbons (Fsp3) is 0.400. The van der Waals surface area contributed by atoms with Crippen molar-refractivity contribution in [2.24, 2.45) is 0 Å². The average Bonchev–Trinajstić information content (AvgIpc) is 2.83. The molecule has 23 heavy (non-hydrogen) atoms. The molecule has 1 aromatic heterocycles. The third-order valence-corrected chi connectivity index (χ3v) is 3.29. The molecule has 1 N–H and O–H groups in total. The molecule has 0 unspecified atom stereocenters. The van der Waals surface area contributed by atoms with Gasteiger partial charge in [0, 0.05) is 18.8 Å². The van der Waals surface area contributed by atoms with Crippen LogP contribution in [0, 0.1) is 11.6 Å². The molecule has 0 saturated carbocycles. The quantitative estimate of drug-likeness (QED) is 0.852. The molecule has 0 aliphatic heterocycles. The highest BCUT2D eigenvalue weighted by atomic mass is 19.4.